The maximum absolute atomic E-state index is 10.1. The van der Waals surface area contributed by atoms with Crippen molar-refractivity contribution in [3.05, 3.63) is 29.3 Å². The van der Waals surface area contributed by atoms with Gasteiger partial charge in [-0.3, -0.25) is 0 Å². The van der Waals surface area contributed by atoms with Crippen LogP contribution in [-0.2, 0) is 0 Å². The molecule has 2 rings (SSSR count). The number of fused-ring (bicyclic) bond motifs is 1. The number of ether oxygens (including phenoxy) is 1. The lowest BCUT2D eigenvalue weighted by atomic mass is 9.95. The highest BCUT2D eigenvalue weighted by molar-refractivity contribution is 5.40. The summed E-state index contributed by atoms with van der Waals surface area (Å²) in [5.74, 6) is 0.871. The summed E-state index contributed by atoms with van der Waals surface area (Å²) >= 11 is 0. The first-order valence-corrected chi connectivity index (χ1v) is 6.66. The van der Waals surface area contributed by atoms with Crippen LogP contribution in [0.15, 0.2) is 18.2 Å². The minimum absolute atomic E-state index is 0.187. The molecule has 2 heteroatoms. The first-order valence-electron chi connectivity index (χ1n) is 6.66. The summed E-state index contributed by atoms with van der Waals surface area (Å²) in [6.45, 7) is 4.25. The number of unbranched alkanes of at least 4 members (excludes halogenated alkanes) is 2. The van der Waals surface area contributed by atoms with E-state index in [2.05, 4.69) is 6.92 Å². The van der Waals surface area contributed by atoms with E-state index >= 15 is 0 Å². The molecule has 0 saturated heterocycles. The molecule has 0 aromatic heterocycles. The van der Waals surface area contributed by atoms with Gasteiger partial charge in [-0.1, -0.05) is 31.4 Å². The van der Waals surface area contributed by atoms with Gasteiger partial charge in [-0.2, -0.15) is 0 Å². The van der Waals surface area contributed by atoms with Crippen LogP contribution in [-0.4, -0.2) is 11.2 Å². The number of benzene rings is 1. The molecule has 0 fully saturated rings. The van der Waals surface area contributed by atoms with Gasteiger partial charge in [0, 0.05) is 12.0 Å². The zero-order chi connectivity index (χ0) is 12.3. The van der Waals surface area contributed by atoms with E-state index in [4.69, 9.17) is 4.74 Å². The van der Waals surface area contributed by atoms with E-state index in [1.54, 1.807) is 0 Å². The second kappa shape index (κ2) is 5.54. The van der Waals surface area contributed by atoms with Crippen molar-refractivity contribution in [1.29, 1.82) is 0 Å². The van der Waals surface area contributed by atoms with Crippen molar-refractivity contribution in [1.82, 2.24) is 0 Å². The lowest BCUT2D eigenvalue weighted by Crippen LogP contribution is -2.25. The molecule has 1 aromatic rings. The molecule has 1 heterocycles. The first-order chi connectivity index (χ1) is 8.20. The second-order valence-corrected chi connectivity index (χ2v) is 5.03. The molecule has 0 aliphatic carbocycles. The molecule has 1 aromatic carbocycles. The molecule has 0 radical (unpaired) electrons. The van der Waals surface area contributed by atoms with Crippen LogP contribution >= 0.6 is 0 Å². The fraction of sp³-hybridized carbons (Fsp3) is 0.600. The van der Waals surface area contributed by atoms with Crippen LogP contribution in [0.3, 0.4) is 0 Å². The fourth-order valence-electron chi connectivity index (χ4n) is 2.44. The Morgan fingerprint density at radius 2 is 2.18 bits per heavy atom. The molecular formula is C15H22O2. The maximum Gasteiger partial charge on any atom is 0.125 e. The van der Waals surface area contributed by atoms with Crippen LogP contribution in [0.5, 0.6) is 5.75 Å². The number of hydrogen-bond donors (Lipinski definition) is 1. The first kappa shape index (κ1) is 12.4. The molecule has 0 saturated carbocycles. The molecule has 2 atom stereocenters. The highest BCUT2D eigenvalue weighted by atomic mass is 16.5. The average Bonchev–Trinajstić information content (AvgIpc) is 2.31. The van der Waals surface area contributed by atoms with Gasteiger partial charge in [0.25, 0.3) is 0 Å². The molecule has 1 aliphatic heterocycles. The third-order valence-corrected chi connectivity index (χ3v) is 3.43. The molecule has 2 nitrogen and oxygen atoms in total. The Morgan fingerprint density at radius 3 is 2.94 bits per heavy atom. The van der Waals surface area contributed by atoms with E-state index in [-0.39, 0.29) is 12.2 Å². The van der Waals surface area contributed by atoms with E-state index in [0.717, 1.165) is 24.2 Å². The molecule has 94 valence electrons. The van der Waals surface area contributed by atoms with Crippen LogP contribution in [0.1, 0.15) is 56.3 Å². The summed E-state index contributed by atoms with van der Waals surface area (Å²) in [5, 5.41) is 10.1. The van der Waals surface area contributed by atoms with Gasteiger partial charge in [0.05, 0.1) is 6.10 Å². The van der Waals surface area contributed by atoms with Gasteiger partial charge >= 0.3 is 0 Å². The quantitative estimate of drug-likeness (QED) is 0.804. The summed E-state index contributed by atoms with van der Waals surface area (Å²) in [5.41, 5.74) is 2.13. The summed E-state index contributed by atoms with van der Waals surface area (Å²) < 4.78 is 5.94. The van der Waals surface area contributed by atoms with Crippen molar-refractivity contribution in [2.24, 2.45) is 0 Å². The van der Waals surface area contributed by atoms with Crippen LogP contribution in [0.25, 0.3) is 0 Å². The van der Waals surface area contributed by atoms with Gasteiger partial charge in [-0.05, 0) is 31.9 Å². The normalized spacial score (nSPS) is 23.0. The highest BCUT2D eigenvalue weighted by Crippen LogP contribution is 2.36. The molecule has 0 bridgehead atoms. The number of rotatable bonds is 4. The minimum atomic E-state index is -0.356. The van der Waals surface area contributed by atoms with Gasteiger partial charge in [0.2, 0.25) is 0 Å². The summed E-state index contributed by atoms with van der Waals surface area (Å²) in [6.07, 6.45) is 5.28. The van der Waals surface area contributed by atoms with Crippen molar-refractivity contribution in [2.45, 2.75) is 58.2 Å². The van der Waals surface area contributed by atoms with Crippen LogP contribution in [0.4, 0.5) is 0 Å². The zero-order valence-corrected chi connectivity index (χ0v) is 10.8. The predicted molar refractivity (Wildman–Crippen MR) is 69.3 cm³/mol. The Bertz CT molecular complexity index is 373. The Hall–Kier alpha value is -1.02. The summed E-state index contributed by atoms with van der Waals surface area (Å²) in [6, 6.07) is 6.06. The van der Waals surface area contributed by atoms with Crippen LogP contribution in [0.2, 0.25) is 0 Å². The molecule has 1 N–H and O–H groups in total. The third-order valence-electron chi connectivity index (χ3n) is 3.43. The fourth-order valence-corrected chi connectivity index (χ4v) is 2.44. The Morgan fingerprint density at radius 1 is 1.35 bits per heavy atom. The van der Waals surface area contributed by atoms with Crippen molar-refractivity contribution >= 4 is 0 Å². The van der Waals surface area contributed by atoms with Crippen LogP contribution < -0.4 is 4.74 Å². The van der Waals surface area contributed by atoms with Crippen molar-refractivity contribution in [2.75, 3.05) is 0 Å². The zero-order valence-electron chi connectivity index (χ0n) is 10.8. The molecule has 1 aliphatic rings. The number of hydrogen-bond acceptors (Lipinski definition) is 2. The number of aryl methyl sites for hydroxylation is 1. The summed E-state index contributed by atoms with van der Waals surface area (Å²) in [7, 11) is 0. The van der Waals surface area contributed by atoms with Crippen LogP contribution in [0, 0.1) is 6.92 Å². The van der Waals surface area contributed by atoms with Crippen molar-refractivity contribution < 1.29 is 9.84 Å². The van der Waals surface area contributed by atoms with Gasteiger partial charge in [0.1, 0.15) is 11.9 Å². The van der Waals surface area contributed by atoms with E-state index in [9.17, 15) is 5.11 Å². The second-order valence-electron chi connectivity index (χ2n) is 5.03. The smallest absolute Gasteiger partial charge is 0.125 e. The molecule has 1 unspecified atom stereocenters. The minimum Gasteiger partial charge on any atom is -0.490 e. The number of aliphatic hydroxyl groups excluding tert-OH is 1. The number of aliphatic hydroxyl groups is 1. The SMILES string of the molecule is CCCCCC1C[C@H](O)c2cc(C)ccc2O1. The van der Waals surface area contributed by atoms with E-state index in [0.29, 0.717) is 0 Å². The molecular weight excluding hydrogens is 212 g/mol. The molecule has 17 heavy (non-hydrogen) atoms. The van der Waals surface area contributed by atoms with Gasteiger partial charge in [-0.25, -0.2) is 0 Å². The molecule has 0 spiro atoms. The Balaban J connectivity index is 2.03. The lowest BCUT2D eigenvalue weighted by Gasteiger charge is -2.30. The van der Waals surface area contributed by atoms with Crippen molar-refractivity contribution in [3.8, 4) is 5.75 Å². The van der Waals surface area contributed by atoms with Gasteiger partial charge in [-0.15, -0.1) is 0 Å². The van der Waals surface area contributed by atoms with E-state index in [1.807, 2.05) is 25.1 Å². The Labute approximate surface area is 104 Å². The predicted octanol–water partition coefficient (Wildman–Crippen LogP) is 3.76. The average molecular weight is 234 g/mol. The molecule has 0 amide bonds. The van der Waals surface area contributed by atoms with Gasteiger partial charge in [0.15, 0.2) is 0 Å². The van der Waals surface area contributed by atoms with E-state index in [1.165, 1.54) is 24.8 Å². The maximum atomic E-state index is 10.1. The van der Waals surface area contributed by atoms with Gasteiger partial charge < -0.3 is 9.84 Å². The van der Waals surface area contributed by atoms with E-state index < -0.39 is 0 Å². The largest absolute Gasteiger partial charge is 0.490 e. The highest BCUT2D eigenvalue weighted by Gasteiger charge is 2.26. The topological polar surface area (TPSA) is 29.5 Å². The summed E-state index contributed by atoms with van der Waals surface area (Å²) in [4.78, 5) is 0. The lowest BCUT2D eigenvalue weighted by molar-refractivity contribution is 0.0605. The van der Waals surface area contributed by atoms with Crippen molar-refractivity contribution in [3.63, 3.8) is 0 Å². The Kier molecular flexibility index (Phi) is 4.06. The third kappa shape index (κ3) is 3.01. The monoisotopic (exact) mass is 234 g/mol. The standard InChI is InChI=1S/C15H22O2/c1-3-4-5-6-12-10-14(16)13-9-11(2)7-8-15(13)17-12/h7-9,12,14,16H,3-6,10H2,1-2H3/t12?,14-/m0/s1.